The fourth-order valence-corrected chi connectivity index (χ4v) is 2.29. The van der Waals surface area contributed by atoms with Crippen LogP contribution in [0.4, 0.5) is 4.39 Å². The molecule has 0 heterocycles. The molecule has 0 saturated carbocycles. The van der Waals surface area contributed by atoms with Crippen molar-refractivity contribution in [3.8, 4) is 0 Å². The summed E-state index contributed by atoms with van der Waals surface area (Å²) in [5.74, 6) is 0.382. The van der Waals surface area contributed by atoms with E-state index in [9.17, 15) is 4.39 Å². The first-order valence-electron chi connectivity index (χ1n) is 7.67. The largest absolute Gasteiger partial charge is 0.382 e. The molecule has 0 fully saturated rings. The lowest BCUT2D eigenvalue weighted by Crippen LogP contribution is -2.30. The van der Waals surface area contributed by atoms with E-state index in [0.717, 1.165) is 44.6 Å². The number of halogens is 1. The molecule has 2 nitrogen and oxygen atoms in total. The van der Waals surface area contributed by atoms with E-state index in [1.54, 1.807) is 12.1 Å². The maximum absolute atomic E-state index is 13.2. The highest BCUT2D eigenvalue weighted by atomic mass is 19.1. The van der Waals surface area contributed by atoms with E-state index in [1.807, 2.05) is 13.0 Å². The van der Waals surface area contributed by atoms with Crippen LogP contribution in [0.5, 0.6) is 0 Å². The quantitative estimate of drug-likeness (QED) is 0.659. The molecule has 0 aliphatic heterocycles. The van der Waals surface area contributed by atoms with Crippen LogP contribution in [0.2, 0.25) is 0 Å². The van der Waals surface area contributed by atoms with Crippen molar-refractivity contribution in [1.29, 1.82) is 0 Å². The van der Waals surface area contributed by atoms with Crippen molar-refractivity contribution in [3.63, 3.8) is 0 Å². The Kier molecular flexibility index (Phi) is 8.47. The Labute approximate surface area is 122 Å². The lowest BCUT2D eigenvalue weighted by Gasteiger charge is -2.19. The zero-order valence-corrected chi connectivity index (χ0v) is 13.0. The van der Waals surface area contributed by atoms with Gasteiger partial charge in [-0.25, -0.2) is 4.39 Å². The molecule has 1 atom stereocenters. The Hall–Kier alpha value is -0.930. The monoisotopic (exact) mass is 281 g/mol. The average Bonchev–Trinajstić information content (AvgIpc) is 2.40. The number of hydrogen-bond donors (Lipinski definition) is 1. The van der Waals surface area contributed by atoms with Crippen LogP contribution in [-0.2, 0) is 11.2 Å². The fraction of sp³-hybridized carbons (Fsp3) is 0.647. The highest BCUT2D eigenvalue weighted by Crippen LogP contribution is 2.15. The van der Waals surface area contributed by atoms with Crippen LogP contribution in [0.3, 0.4) is 0 Å². The van der Waals surface area contributed by atoms with E-state index >= 15 is 0 Å². The van der Waals surface area contributed by atoms with E-state index < -0.39 is 0 Å². The zero-order chi connectivity index (χ0) is 14.8. The average molecular weight is 281 g/mol. The molecule has 0 bridgehead atoms. The maximum Gasteiger partial charge on any atom is 0.123 e. The molecule has 1 rings (SSSR count). The number of hydrogen-bond acceptors (Lipinski definition) is 2. The lowest BCUT2D eigenvalue weighted by molar-refractivity contribution is 0.139. The summed E-state index contributed by atoms with van der Waals surface area (Å²) in [5, 5.41) is 3.49. The van der Waals surface area contributed by atoms with Gasteiger partial charge in [-0.2, -0.15) is 0 Å². The predicted molar refractivity (Wildman–Crippen MR) is 82.5 cm³/mol. The van der Waals surface area contributed by atoms with Gasteiger partial charge in [0.2, 0.25) is 0 Å². The molecule has 1 N–H and O–H groups in total. The van der Waals surface area contributed by atoms with Crippen LogP contribution in [0.25, 0.3) is 0 Å². The minimum Gasteiger partial charge on any atom is -0.382 e. The number of nitrogens with one attached hydrogen (secondary N) is 1. The number of rotatable bonds is 10. The first-order chi connectivity index (χ1) is 9.61. The summed E-state index contributed by atoms with van der Waals surface area (Å²) in [4.78, 5) is 0. The molecule has 0 radical (unpaired) electrons. The highest BCUT2D eigenvalue weighted by molar-refractivity contribution is 5.16. The van der Waals surface area contributed by atoms with Crippen molar-refractivity contribution in [2.24, 2.45) is 5.92 Å². The van der Waals surface area contributed by atoms with Gasteiger partial charge in [-0.1, -0.05) is 26.0 Å². The first kappa shape index (κ1) is 17.1. The minimum absolute atomic E-state index is 0.146. The molecule has 0 aliphatic rings. The van der Waals surface area contributed by atoms with Crippen LogP contribution in [0, 0.1) is 11.7 Å². The number of ether oxygens (including phenoxy) is 1. The molecule has 20 heavy (non-hydrogen) atoms. The van der Waals surface area contributed by atoms with Gasteiger partial charge in [0.15, 0.2) is 0 Å². The second-order valence-electron chi connectivity index (χ2n) is 5.60. The van der Waals surface area contributed by atoms with Crippen molar-refractivity contribution in [1.82, 2.24) is 5.32 Å². The Bertz CT molecular complexity index is 368. The summed E-state index contributed by atoms with van der Waals surface area (Å²) in [6.07, 6.45) is 3.09. The molecule has 0 saturated heterocycles. The second-order valence-corrected chi connectivity index (χ2v) is 5.60. The van der Waals surface area contributed by atoms with Gasteiger partial charge in [0, 0.05) is 19.3 Å². The van der Waals surface area contributed by atoms with Crippen molar-refractivity contribution in [2.45, 2.75) is 46.1 Å². The van der Waals surface area contributed by atoms with Crippen LogP contribution in [-0.4, -0.2) is 25.8 Å². The summed E-state index contributed by atoms with van der Waals surface area (Å²) in [6.45, 7) is 8.89. The summed E-state index contributed by atoms with van der Waals surface area (Å²) in [5.41, 5.74) is 1.08. The molecule has 3 heteroatoms. The molecule has 1 aromatic rings. The Morgan fingerprint density at radius 1 is 1.30 bits per heavy atom. The van der Waals surface area contributed by atoms with Crippen molar-refractivity contribution < 1.29 is 9.13 Å². The van der Waals surface area contributed by atoms with E-state index in [1.165, 1.54) is 6.07 Å². The molecular formula is C17H28FNO. The smallest absolute Gasteiger partial charge is 0.123 e. The van der Waals surface area contributed by atoms with Gasteiger partial charge in [0.1, 0.15) is 5.82 Å². The highest BCUT2D eigenvalue weighted by Gasteiger charge is 2.11. The van der Waals surface area contributed by atoms with Crippen molar-refractivity contribution in [3.05, 3.63) is 35.6 Å². The lowest BCUT2D eigenvalue weighted by atomic mass is 9.94. The second kappa shape index (κ2) is 9.89. The van der Waals surface area contributed by atoms with Crippen LogP contribution in [0.15, 0.2) is 24.3 Å². The molecular weight excluding hydrogens is 253 g/mol. The Morgan fingerprint density at radius 2 is 2.10 bits per heavy atom. The van der Waals surface area contributed by atoms with Crippen LogP contribution >= 0.6 is 0 Å². The molecule has 1 aromatic carbocycles. The molecule has 0 amide bonds. The topological polar surface area (TPSA) is 21.3 Å². The van der Waals surface area contributed by atoms with Gasteiger partial charge in [-0.15, -0.1) is 0 Å². The summed E-state index contributed by atoms with van der Waals surface area (Å²) >= 11 is 0. The standard InChI is InChI=1S/C17H28FNO/c1-4-20-10-6-8-16(13-19-14(2)3)11-15-7-5-9-17(18)12-15/h5,7,9,12,14,16,19H,4,6,8,10-11,13H2,1-3H3. The molecule has 114 valence electrons. The van der Waals surface area contributed by atoms with Gasteiger partial charge in [0.05, 0.1) is 0 Å². The van der Waals surface area contributed by atoms with Gasteiger partial charge >= 0.3 is 0 Å². The van der Waals surface area contributed by atoms with E-state index in [4.69, 9.17) is 4.74 Å². The first-order valence-corrected chi connectivity index (χ1v) is 7.67. The van der Waals surface area contributed by atoms with Gasteiger partial charge in [0.25, 0.3) is 0 Å². The third kappa shape index (κ3) is 7.61. The predicted octanol–water partition coefficient (Wildman–Crippen LogP) is 3.80. The van der Waals surface area contributed by atoms with Crippen LogP contribution in [0.1, 0.15) is 39.2 Å². The third-order valence-electron chi connectivity index (χ3n) is 3.33. The van der Waals surface area contributed by atoms with Gasteiger partial charge < -0.3 is 10.1 Å². The molecule has 0 spiro atoms. The summed E-state index contributed by atoms with van der Waals surface area (Å²) in [7, 11) is 0. The summed E-state index contributed by atoms with van der Waals surface area (Å²) < 4.78 is 18.6. The van der Waals surface area contributed by atoms with E-state index in [2.05, 4.69) is 19.2 Å². The Morgan fingerprint density at radius 3 is 2.75 bits per heavy atom. The van der Waals surface area contributed by atoms with E-state index in [-0.39, 0.29) is 5.82 Å². The fourth-order valence-electron chi connectivity index (χ4n) is 2.29. The molecule has 0 aliphatic carbocycles. The molecule has 0 aromatic heterocycles. The zero-order valence-electron chi connectivity index (χ0n) is 13.0. The maximum atomic E-state index is 13.2. The normalized spacial score (nSPS) is 12.8. The SMILES string of the molecule is CCOCCCC(CNC(C)C)Cc1cccc(F)c1. The number of benzene rings is 1. The van der Waals surface area contributed by atoms with E-state index in [0.29, 0.717) is 12.0 Å². The molecule has 1 unspecified atom stereocenters. The van der Waals surface area contributed by atoms with Crippen molar-refractivity contribution >= 4 is 0 Å². The minimum atomic E-state index is -0.146. The third-order valence-corrected chi connectivity index (χ3v) is 3.33. The van der Waals surface area contributed by atoms with Gasteiger partial charge in [-0.3, -0.25) is 0 Å². The van der Waals surface area contributed by atoms with Gasteiger partial charge in [-0.05, 0) is 56.3 Å². The van der Waals surface area contributed by atoms with Crippen molar-refractivity contribution in [2.75, 3.05) is 19.8 Å². The summed E-state index contributed by atoms with van der Waals surface area (Å²) in [6, 6.07) is 7.42. The van der Waals surface area contributed by atoms with Crippen LogP contribution < -0.4 is 5.32 Å². The Balaban J connectivity index is 2.47.